The lowest BCUT2D eigenvalue weighted by Crippen LogP contribution is -2.40. The van der Waals surface area contributed by atoms with Gasteiger partial charge in [-0.3, -0.25) is 9.79 Å². The SMILES string of the molecule is CCOC(CCNC(=NC)NCCC(=O)OC)C(C)C. The summed E-state index contributed by atoms with van der Waals surface area (Å²) in [6.45, 7) is 8.34. The van der Waals surface area contributed by atoms with Crippen molar-refractivity contribution in [2.24, 2.45) is 10.9 Å². The first-order valence-electron chi connectivity index (χ1n) is 7.18. The van der Waals surface area contributed by atoms with E-state index >= 15 is 0 Å². The molecule has 0 aliphatic rings. The highest BCUT2D eigenvalue weighted by molar-refractivity contribution is 5.80. The molecule has 0 aromatic rings. The smallest absolute Gasteiger partial charge is 0.307 e. The summed E-state index contributed by atoms with van der Waals surface area (Å²) in [5.74, 6) is 0.947. The van der Waals surface area contributed by atoms with E-state index in [0.717, 1.165) is 19.6 Å². The molecule has 6 nitrogen and oxygen atoms in total. The van der Waals surface area contributed by atoms with Crippen molar-refractivity contribution in [3.05, 3.63) is 0 Å². The zero-order valence-electron chi connectivity index (χ0n) is 13.4. The molecule has 1 atom stereocenters. The van der Waals surface area contributed by atoms with Crippen molar-refractivity contribution in [3.8, 4) is 0 Å². The number of carbonyl (C=O) groups is 1. The third-order valence-electron chi connectivity index (χ3n) is 2.92. The number of nitrogens with zero attached hydrogens (tertiary/aromatic N) is 1. The van der Waals surface area contributed by atoms with E-state index in [9.17, 15) is 4.79 Å². The number of methoxy groups -OCH3 is 1. The fraction of sp³-hybridized carbons (Fsp3) is 0.857. The van der Waals surface area contributed by atoms with Gasteiger partial charge in [-0.15, -0.1) is 0 Å². The number of nitrogens with one attached hydrogen (secondary N) is 2. The van der Waals surface area contributed by atoms with Gasteiger partial charge in [0.2, 0.25) is 0 Å². The van der Waals surface area contributed by atoms with Crippen LogP contribution in [0.5, 0.6) is 0 Å². The summed E-state index contributed by atoms with van der Waals surface area (Å²) in [5.41, 5.74) is 0. The van der Waals surface area contributed by atoms with E-state index in [1.165, 1.54) is 7.11 Å². The van der Waals surface area contributed by atoms with Crippen molar-refractivity contribution in [3.63, 3.8) is 0 Å². The van der Waals surface area contributed by atoms with Gasteiger partial charge in [-0.05, 0) is 19.3 Å². The van der Waals surface area contributed by atoms with E-state index in [1.807, 2.05) is 6.92 Å². The second kappa shape index (κ2) is 11.5. The lowest BCUT2D eigenvalue weighted by atomic mass is 10.0. The van der Waals surface area contributed by atoms with E-state index in [4.69, 9.17) is 4.74 Å². The molecule has 0 radical (unpaired) electrons. The highest BCUT2D eigenvalue weighted by Gasteiger charge is 2.12. The quantitative estimate of drug-likeness (QED) is 0.378. The molecule has 0 aromatic heterocycles. The van der Waals surface area contributed by atoms with Crippen molar-refractivity contribution >= 4 is 11.9 Å². The van der Waals surface area contributed by atoms with Gasteiger partial charge < -0.3 is 20.1 Å². The molecule has 0 heterocycles. The van der Waals surface area contributed by atoms with Gasteiger partial charge in [0.05, 0.1) is 19.6 Å². The first-order valence-corrected chi connectivity index (χ1v) is 7.18. The van der Waals surface area contributed by atoms with Crippen LogP contribution in [0.15, 0.2) is 4.99 Å². The average Bonchev–Trinajstić information content (AvgIpc) is 2.43. The molecule has 0 bridgehead atoms. The van der Waals surface area contributed by atoms with Gasteiger partial charge in [0.15, 0.2) is 5.96 Å². The van der Waals surface area contributed by atoms with Crippen molar-refractivity contribution < 1.29 is 14.3 Å². The van der Waals surface area contributed by atoms with Crippen molar-refractivity contribution in [2.45, 2.75) is 39.7 Å². The normalized spacial score (nSPS) is 13.2. The summed E-state index contributed by atoms with van der Waals surface area (Å²) >= 11 is 0. The summed E-state index contributed by atoms with van der Waals surface area (Å²) in [4.78, 5) is 15.1. The molecular weight excluding hydrogens is 258 g/mol. The molecule has 0 aliphatic heterocycles. The first kappa shape index (κ1) is 18.7. The van der Waals surface area contributed by atoms with Gasteiger partial charge in [0.1, 0.15) is 0 Å². The molecule has 0 aromatic carbocycles. The Kier molecular flexibility index (Phi) is 10.8. The molecule has 0 fully saturated rings. The maximum absolute atomic E-state index is 11.0. The zero-order chi connectivity index (χ0) is 15.4. The number of hydrogen-bond donors (Lipinski definition) is 2. The van der Waals surface area contributed by atoms with Crippen LogP contribution >= 0.6 is 0 Å². The summed E-state index contributed by atoms with van der Waals surface area (Å²) in [6.07, 6.45) is 1.49. The van der Waals surface area contributed by atoms with Gasteiger partial charge in [0.25, 0.3) is 0 Å². The Balaban J connectivity index is 3.92. The minimum absolute atomic E-state index is 0.232. The number of rotatable bonds is 9. The van der Waals surface area contributed by atoms with Crippen LogP contribution in [0.4, 0.5) is 0 Å². The van der Waals surface area contributed by atoms with Crippen molar-refractivity contribution in [2.75, 3.05) is 33.9 Å². The second-order valence-electron chi connectivity index (χ2n) is 4.78. The van der Waals surface area contributed by atoms with E-state index in [1.54, 1.807) is 7.05 Å². The zero-order valence-corrected chi connectivity index (χ0v) is 13.4. The molecule has 118 valence electrons. The van der Waals surface area contributed by atoms with Crippen LogP contribution < -0.4 is 10.6 Å². The molecule has 6 heteroatoms. The molecule has 0 aliphatic carbocycles. The number of esters is 1. The lowest BCUT2D eigenvalue weighted by molar-refractivity contribution is -0.140. The van der Waals surface area contributed by atoms with Crippen LogP contribution in [0.25, 0.3) is 0 Å². The van der Waals surface area contributed by atoms with Crippen molar-refractivity contribution in [1.29, 1.82) is 0 Å². The van der Waals surface area contributed by atoms with Gasteiger partial charge in [-0.1, -0.05) is 13.8 Å². The molecule has 1 unspecified atom stereocenters. The fourth-order valence-electron chi connectivity index (χ4n) is 1.76. The molecule has 0 amide bonds. The molecule has 2 N–H and O–H groups in total. The minimum atomic E-state index is -0.232. The summed E-state index contributed by atoms with van der Waals surface area (Å²) in [6, 6.07) is 0. The van der Waals surface area contributed by atoms with Gasteiger partial charge in [-0.2, -0.15) is 0 Å². The number of guanidine groups is 1. The Morgan fingerprint density at radius 2 is 1.90 bits per heavy atom. The molecular formula is C14H29N3O3. The fourth-order valence-corrected chi connectivity index (χ4v) is 1.76. The predicted molar refractivity (Wildman–Crippen MR) is 80.9 cm³/mol. The predicted octanol–water partition coefficient (Wildman–Crippen LogP) is 1.17. The summed E-state index contributed by atoms with van der Waals surface area (Å²) < 4.78 is 10.3. The number of ether oxygens (including phenoxy) is 2. The monoisotopic (exact) mass is 287 g/mol. The van der Waals surface area contributed by atoms with E-state index in [2.05, 4.69) is 34.2 Å². The molecule has 0 rings (SSSR count). The first-order chi connectivity index (χ1) is 9.54. The second-order valence-corrected chi connectivity index (χ2v) is 4.78. The molecule has 20 heavy (non-hydrogen) atoms. The van der Waals surface area contributed by atoms with Crippen LogP contribution in [0.1, 0.15) is 33.6 Å². The Hall–Kier alpha value is -1.30. The Morgan fingerprint density at radius 1 is 1.25 bits per heavy atom. The van der Waals surface area contributed by atoms with E-state index < -0.39 is 0 Å². The average molecular weight is 287 g/mol. The Morgan fingerprint density at radius 3 is 2.40 bits per heavy atom. The van der Waals surface area contributed by atoms with Crippen molar-refractivity contribution in [1.82, 2.24) is 10.6 Å². The Labute approximate surface area is 122 Å². The summed E-state index contributed by atoms with van der Waals surface area (Å²) in [7, 11) is 3.09. The van der Waals surface area contributed by atoms with Gasteiger partial charge in [-0.25, -0.2) is 0 Å². The number of carbonyl (C=O) groups excluding carboxylic acids is 1. The largest absolute Gasteiger partial charge is 0.469 e. The number of hydrogen-bond acceptors (Lipinski definition) is 4. The van der Waals surface area contributed by atoms with Crippen LogP contribution in [0.2, 0.25) is 0 Å². The number of aliphatic imine (C=N–C) groups is 1. The highest BCUT2D eigenvalue weighted by atomic mass is 16.5. The van der Waals surface area contributed by atoms with Gasteiger partial charge in [0, 0.05) is 26.7 Å². The lowest BCUT2D eigenvalue weighted by Gasteiger charge is -2.21. The third kappa shape index (κ3) is 8.74. The maximum atomic E-state index is 11.0. The van der Waals surface area contributed by atoms with Crippen LogP contribution in [0.3, 0.4) is 0 Å². The molecule has 0 saturated carbocycles. The van der Waals surface area contributed by atoms with Crippen LogP contribution in [-0.4, -0.2) is 51.9 Å². The molecule has 0 spiro atoms. The van der Waals surface area contributed by atoms with E-state index in [-0.39, 0.29) is 12.1 Å². The standard InChI is InChI=1S/C14H29N3O3/c1-6-20-12(11(2)3)7-9-16-14(15-4)17-10-8-13(18)19-5/h11-12H,6-10H2,1-5H3,(H2,15,16,17). The Bertz CT molecular complexity index is 293. The van der Waals surface area contributed by atoms with Gasteiger partial charge >= 0.3 is 5.97 Å². The van der Waals surface area contributed by atoms with E-state index in [0.29, 0.717) is 24.8 Å². The maximum Gasteiger partial charge on any atom is 0.307 e. The van der Waals surface area contributed by atoms with Crippen LogP contribution in [-0.2, 0) is 14.3 Å². The third-order valence-corrected chi connectivity index (χ3v) is 2.92. The summed E-state index contributed by atoms with van der Waals surface area (Å²) in [5, 5.41) is 6.28. The molecule has 0 saturated heterocycles. The minimum Gasteiger partial charge on any atom is -0.469 e. The topological polar surface area (TPSA) is 72.0 Å². The van der Waals surface area contributed by atoms with Crippen LogP contribution in [0, 0.1) is 5.92 Å². The highest BCUT2D eigenvalue weighted by Crippen LogP contribution is 2.09.